The lowest BCUT2D eigenvalue weighted by atomic mass is 10.1. The Hall–Kier alpha value is -2.63. The molecule has 0 bridgehead atoms. The van der Waals surface area contributed by atoms with E-state index in [1.807, 2.05) is 0 Å². The summed E-state index contributed by atoms with van der Waals surface area (Å²) in [5.74, 6) is -0.908. The number of ether oxygens (including phenoxy) is 3. The van der Waals surface area contributed by atoms with Gasteiger partial charge in [0, 0.05) is 19.3 Å². The molecule has 0 radical (unpaired) electrons. The van der Waals surface area contributed by atoms with Gasteiger partial charge in [-0.25, -0.2) is 0 Å². The molecule has 0 heterocycles. The third-order valence-electron chi connectivity index (χ3n) is 10.6. The molecule has 0 fully saturated rings. The van der Waals surface area contributed by atoms with Gasteiger partial charge in [0.15, 0.2) is 6.10 Å². The molecular weight excluding hydrogens is 721 g/mol. The Kier molecular flexibility index (Phi) is 44.9. The molecule has 0 aliphatic heterocycles. The van der Waals surface area contributed by atoms with Gasteiger partial charge in [-0.3, -0.25) is 14.4 Å². The van der Waals surface area contributed by atoms with Gasteiger partial charge >= 0.3 is 17.9 Å². The highest BCUT2D eigenvalue weighted by molar-refractivity contribution is 5.71. The lowest BCUT2D eigenvalue weighted by Gasteiger charge is -2.18. The first kappa shape index (κ1) is 55.4. The number of esters is 3. The summed E-state index contributed by atoms with van der Waals surface area (Å²) in [7, 11) is 0. The van der Waals surface area contributed by atoms with E-state index in [1.165, 1.54) is 116 Å². The molecule has 58 heavy (non-hydrogen) atoms. The fraction of sp³-hybridized carbons (Fsp3) is 0.788. The van der Waals surface area contributed by atoms with E-state index < -0.39 is 6.10 Å². The predicted octanol–water partition coefficient (Wildman–Crippen LogP) is 15.9. The van der Waals surface area contributed by atoms with Gasteiger partial charge < -0.3 is 14.2 Å². The number of unbranched alkanes of at least 4 members (excludes halogenated alkanes) is 27. The molecule has 0 saturated carbocycles. The summed E-state index contributed by atoms with van der Waals surface area (Å²) in [5, 5.41) is 0. The normalized spacial score (nSPS) is 12.4. The number of carbonyl (C=O) groups excluding carboxylic acids is 3. The number of rotatable bonds is 44. The summed E-state index contributed by atoms with van der Waals surface area (Å²) in [6.07, 6.45) is 55.2. The summed E-state index contributed by atoms with van der Waals surface area (Å²) < 4.78 is 16.7. The largest absolute Gasteiger partial charge is 0.462 e. The van der Waals surface area contributed by atoms with Crippen LogP contribution in [0.3, 0.4) is 0 Å². The lowest BCUT2D eigenvalue weighted by Crippen LogP contribution is -2.30. The van der Waals surface area contributed by atoms with Crippen LogP contribution in [-0.2, 0) is 28.6 Å². The lowest BCUT2D eigenvalue weighted by molar-refractivity contribution is -0.167. The van der Waals surface area contributed by atoms with Gasteiger partial charge in [0.2, 0.25) is 0 Å². The van der Waals surface area contributed by atoms with E-state index >= 15 is 0 Å². The molecule has 0 aliphatic rings. The molecule has 0 saturated heterocycles. The first-order chi connectivity index (χ1) is 28.5. The van der Waals surface area contributed by atoms with Gasteiger partial charge in [0.25, 0.3) is 0 Å². The third kappa shape index (κ3) is 44.5. The Bertz CT molecular complexity index is 1030. The van der Waals surface area contributed by atoms with E-state index in [1.54, 1.807) is 0 Å². The average Bonchev–Trinajstić information content (AvgIpc) is 3.22. The summed E-state index contributed by atoms with van der Waals surface area (Å²) in [5.41, 5.74) is 0. The van der Waals surface area contributed by atoms with Crippen molar-refractivity contribution >= 4 is 17.9 Å². The Morgan fingerprint density at radius 3 is 1.09 bits per heavy atom. The third-order valence-corrected chi connectivity index (χ3v) is 10.6. The van der Waals surface area contributed by atoms with Crippen LogP contribution in [-0.4, -0.2) is 37.2 Å². The fourth-order valence-corrected chi connectivity index (χ4v) is 6.91. The second kappa shape index (κ2) is 47.1. The Morgan fingerprint density at radius 2 is 0.690 bits per heavy atom. The number of hydrogen-bond acceptors (Lipinski definition) is 6. The zero-order valence-corrected chi connectivity index (χ0v) is 38.3. The monoisotopic (exact) mass is 813 g/mol. The summed E-state index contributed by atoms with van der Waals surface area (Å²) >= 11 is 0. The topological polar surface area (TPSA) is 78.9 Å². The van der Waals surface area contributed by atoms with Crippen molar-refractivity contribution in [1.82, 2.24) is 0 Å². The number of allylic oxidation sites excluding steroid dienone is 8. The molecule has 0 aromatic rings. The van der Waals surface area contributed by atoms with Crippen LogP contribution in [0.1, 0.15) is 245 Å². The van der Waals surface area contributed by atoms with Crippen LogP contribution in [0.25, 0.3) is 0 Å². The molecule has 1 atom stereocenters. The second-order valence-corrected chi connectivity index (χ2v) is 16.4. The zero-order chi connectivity index (χ0) is 42.3. The first-order valence-corrected chi connectivity index (χ1v) is 24.7. The van der Waals surface area contributed by atoms with Crippen molar-refractivity contribution in [3.8, 4) is 0 Å². The predicted molar refractivity (Wildman–Crippen MR) is 247 cm³/mol. The maximum absolute atomic E-state index is 12.7. The van der Waals surface area contributed by atoms with Crippen LogP contribution >= 0.6 is 0 Å². The van der Waals surface area contributed by atoms with E-state index in [0.29, 0.717) is 19.3 Å². The average molecular weight is 813 g/mol. The van der Waals surface area contributed by atoms with Crippen LogP contribution in [0.4, 0.5) is 0 Å². The zero-order valence-electron chi connectivity index (χ0n) is 38.3. The Balaban J connectivity index is 4.38. The number of hydrogen-bond donors (Lipinski definition) is 0. The van der Waals surface area contributed by atoms with Crippen molar-refractivity contribution in [2.45, 2.75) is 252 Å². The van der Waals surface area contributed by atoms with Gasteiger partial charge in [-0.1, -0.05) is 211 Å². The summed E-state index contributed by atoms with van der Waals surface area (Å²) in [4.78, 5) is 37.8. The smallest absolute Gasteiger partial charge is 0.306 e. The molecule has 0 rings (SSSR count). The molecule has 0 spiro atoms. The number of carbonyl (C=O) groups is 3. The van der Waals surface area contributed by atoms with Crippen molar-refractivity contribution < 1.29 is 28.6 Å². The van der Waals surface area contributed by atoms with Crippen LogP contribution < -0.4 is 0 Å². The van der Waals surface area contributed by atoms with Crippen LogP contribution in [0, 0.1) is 0 Å². The standard InChI is InChI=1S/C52H92O6/c1-4-7-10-13-16-19-22-24-25-26-28-30-33-36-39-42-45-51(54)57-48-49(47-56-50(53)44-41-38-35-32-29-21-18-15-12-9-6-3)58-52(55)46-43-40-37-34-31-27-23-20-17-14-11-8-5-2/h8,11,14,17,20,23,25-26,49H,4-7,9-10,12-13,15-16,18-19,21-22,24,27-48H2,1-3H3/b11-8-,17-14-,23-20-,26-25-. The molecule has 0 N–H and O–H groups in total. The molecule has 0 aromatic carbocycles. The molecule has 0 aromatic heterocycles. The molecule has 1 unspecified atom stereocenters. The van der Waals surface area contributed by atoms with Gasteiger partial charge in [-0.05, 0) is 64.2 Å². The van der Waals surface area contributed by atoms with Crippen molar-refractivity contribution in [3.05, 3.63) is 48.6 Å². The molecule has 0 amide bonds. The Morgan fingerprint density at radius 1 is 0.362 bits per heavy atom. The molecule has 6 nitrogen and oxygen atoms in total. The van der Waals surface area contributed by atoms with Gasteiger partial charge in [0.05, 0.1) is 0 Å². The fourth-order valence-electron chi connectivity index (χ4n) is 6.91. The van der Waals surface area contributed by atoms with Crippen LogP contribution in [0.2, 0.25) is 0 Å². The highest BCUT2D eigenvalue weighted by Crippen LogP contribution is 2.15. The van der Waals surface area contributed by atoms with Crippen molar-refractivity contribution in [3.63, 3.8) is 0 Å². The summed E-state index contributed by atoms with van der Waals surface area (Å²) in [6.45, 7) is 6.48. The van der Waals surface area contributed by atoms with Gasteiger partial charge in [0.1, 0.15) is 13.2 Å². The van der Waals surface area contributed by atoms with Gasteiger partial charge in [-0.15, -0.1) is 0 Å². The van der Waals surface area contributed by atoms with E-state index in [9.17, 15) is 14.4 Å². The van der Waals surface area contributed by atoms with Crippen LogP contribution in [0.5, 0.6) is 0 Å². The van der Waals surface area contributed by atoms with E-state index in [4.69, 9.17) is 14.2 Å². The van der Waals surface area contributed by atoms with Crippen molar-refractivity contribution in [2.24, 2.45) is 0 Å². The summed E-state index contributed by atoms with van der Waals surface area (Å²) in [6, 6.07) is 0. The maximum atomic E-state index is 12.7. The van der Waals surface area contributed by atoms with E-state index in [0.717, 1.165) is 89.9 Å². The highest BCUT2D eigenvalue weighted by atomic mass is 16.6. The minimum atomic E-state index is -0.783. The van der Waals surface area contributed by atoms with Gasteiger partial charge in [-0.2, -0.15) is 0 Å². The molecule has 6 heteroatoms. The van der Waals surface area contributed by atoms with Crippen molar-refractivity contribution in [1.29, 1.82) is 0 Å². The Labute approximate surface area is 358 Å². The van der Waals surface area contributed by atoms with Crippen LogP contribution in [0.15, 0.2) is 48.6 Å². The second-order valence-electron chi connectivity index (χ2n) is 16.4. The quantitative estimate of drug-likeness (QED) is 0.0200. The van der Waals surface area contributed by atoms with Crippen molar-refractivity contribution in [2.75, 3.05) is 13.2 Å². The highest BCUT2D eigenvalue weighted by Gasteiger charge is 2.19. The van der Waals surface area contributed by atoms with E-state index in [2.05, 4.69) is 69.4 Å². The SMILES string of the molecule is CC\C=C/C=C\C=C/CCCCCCCC(=O)OC(COC(=O)CCCCCCC/C=C\CCCCCCCCC)COC(=O)CCCCCCCCCCCCC. The molecular formula is C52H92O6. The molecule has 336 valence electrons. The minimum Gasteiger partial charge on any atom is -0.462 e. The first-order valence-electron chi connectivity index (χ1n) is 24.7. The minimum absolute atomic E-state index is 0.0824. The molecule has 0 aliphatic carbocycles. The van der Waals surface area contributed by atoms with E-state index in [-0.39, 0.29) is 31.1 Å². The maximum Gasteiger partial charge on any atom is 0.306 e.